The molecule has 2 aliphatic carbocycles. The van der Waals surface area contributed by atoms with Gasteiger partial charge in [-0.25, -0.2) is 0 Å². The van der Waals surface area contributed by atoms with Gasteiger partial charge in [0, 0.05) is 37.5 Å². The van der Waals surface area contributed by atoms with Gasteiger partial charge in [-0.3, -0.25) is 4.79 Å². The Morgan fingerprint density at radius 3 is 1.66 bits per heavy atom. The number of aryl methyl sites for hydroxylation is 2. The Labute approximate surface area is 461 Å². The number of aliphatic hydroxyl groups is 5. The number of carboxylic acids is 1. The summed E-state index contributed by atoms with van der Waals surface area (Å²) >= 11 is 0. The van der Waals surface area contributed by atoms with Crippen LogP contribution in [0.25, 0.3) is 0 Å². The van der Waals surface area contributed by atoms with E-state index in [-0.39, 0.29) is 47.3 Å². The Kier molecular flexibility index (Phi) is 23.7. The fourth-order valence-corrected chi connectivity index (χ4v) is 14.8. The fraction of sp³-hybridized carbons (Fsp3) is 0.424. The number of ether oxygens (including phenoxy) is 1. The lowest BCUT2D eigenvalue weighted by atomic mass is 9.89. The SMILES string of the molecule is C=P(c1ccccc1)(c1ccccc1)c1ccccc1.CC(C)(C)[Si](C)(C)O[C@H](/C=C/[C@@H]1[C@H]2CC(O)O[C@H]2C[C@H]1O)CCc1ccccc1.O=C(O)CCC/C=C\C[C@@H]1[C@@H](/C=C/[C@@H](O)CCc2ccccc2)[C@H](O)C[C@@H]1O. The highest BCUT2D eigenvalue weighted by Gasteiger charge is 2.48. The Morgan fingerprint density at radius 2 is 1.16 bits per heavy atom. The maximum Gasteiger partial charge on any atom is 0.303 e. The van der Waals surface area contributed by atoms with Crippen LogP contribution in [0.5, 0.6) is 0 Å². The van der Waals surface area contributed by atoms with Crippen molar-refractivity contribution < 1.29 is 44.6 Å². The molecule has 2 saturated carbocycles. The van der Waals surface area contributed by atoms with Gasteiger partial charge in [-0.15, -0.1) is 0 Å². The normalized spacial score (nSPS) is 24.3. The largest absolute Gasteiger partial charge is 0.481 e. The van der Waals surface area contributed by atoms with Crippen molar-refractivity contribution in [1.29, 1.82) is 0 Å². The second-order valence-corrected chi connectivity index (χ2v) is 30.6. The molecule has 1 aliphatic heterocycles. The molecule has 0 amide bonds. The molecule has 11 atom stereocenters. The maximum atomic E-state index is 10.5. The van der Waals surface area contributed by atoms with E-state index >= 15 is 0 Å². The highest BCUT2D eigenvalue weighted by Crippen LogP contribution is 2.45. The van der Waals surface area contributed by atoms with Gasteiger partial charge in [0.1, 0.15) is 0 Å². The molecule has 0 radical (unpaired) electrons. The number of allylic oxidation sites excluding steroid dienone is 2. The Bertz CT molecular complexity index is 2520. The standard InChI is InChI=1S/C24H38O4Si.C23H32O5.C19H17P/c1-24(2,3)29(4,5)28-18(12-11-17-9-7-6-8-10-17)13-14-19-20-15-23(26)27-22(20)16-21(19)25;24-18(13-12-17-8-4-3-5-9-17)14-15-20-19(21(25)16-22(20)26)10-6-1-2-7-11-23(27)28;1-20(17-11-5-2-6-12-17,18-13-7-3-8-14-18)19-15-9-4-10-16-19/h6-10,13-14,18-23,25-26H,11-12,15-16H2,1-5H3;1,3-6,8-9,14-15,18-22,24-26H,2,7,10-13,16H2,(H,27,28);2-16H,1H2/b14-13+;6-1-,15-14+;/t18-,19+,20+,21+,22-,23?;18-,19+,20+,21-,22+;/m00./s1. The number of carbonyl (C=O) groups is 1. The first-order valence-corrected chi connectivity index (χ1v) is 32.7. The predicted molar refractivity (Wildman–Crippen MR) is 320 cm³/mol. The molecule has 8 rings (SSSR count). The lowest BCUT2D eigenvalue weighted by Crippen LogP contribution is -2.43. The molecule has 1 unspecified atom stereocenters. The molecule has 0 aromatic heterocycles. The fourth-order valence-electron chi connectivity index (χ4n) is 10.5. The van der Waals surface area contributed by atoms with E-state index in [0.717, 1.165) is 19.3 Å². The lowest BCUT2D eigenvalue weighted by molar-refractivity contribution is -0.137. The molecule has 11 heteroatoms. The summed E-state index contributed by atoms with van der Waals surface area (Å²) < 4.78 is 12.3. The van der Waals surface area contributed by atoms with Crippen LogP contribution >= 0.6 is 6.89 Å². The van der Waals surface area contributed by atoms with Gasteiger partial charge in [-0.05, 0) is 109 Å². The second kappa shape index (κ2) is 29.8. The van der Waals surface area contributed by atoms with Crippen LogP contribution in [0.4, 0.5) is 0 Å². The van der Waals surface area contributed by atoms with E-state index < -0.39 is 51.9 Å². The average Bonchev–Trinajstić information content (AvgIpc) is 4.03. The maximum absolute atomic E-state index is 10.5. The minimum Gasteiger partial charge on any atom is -0.481 e. The zero-order chi connectivity index (χ0) is 55.4. The van der Waals surface area contributed by atoms with Crippen molar-refractivity contribution >= 4 is 43.4 Å². The molecule has 77 heavy (non-hydrogen) atoms. The van der Waals surface area contributed by atoms with Crippen LogP contribution < -0.4 is 15.9 Å². The van der Waals surface area contributed by atoms with Crippen molar-refractivity contribution in [2.24, 2.45) is 23.7 Å². The minimum atomic E-state index is -1.92. The molecule has 5 aromatic rings. The lowest BCUT2D eigenvalue weighted by Gasteiger charge is -2.39. The first-order valence-electron chi connectivity index (χ1n) is 27.8. The molecule has 3 fully saturated rings. The van der Waals surface area contributed by atoms with Crippen LogP contribution in [0, 0.1) is 23.7 Å². The quantitative estimate of drug-likeness (QED) is 0.0182. The van der Waals surface area contributed by atoms with E-state index in [2.05, 4.69) is 161 Å². The van der Waals surface area contributed by atoms with Crippen LogP contribution in [-0.4, -0.2) is 94.1 Å². The van der Waals surface area contributed by atoms with Crippen molar-refractivity contribution in [2.75, 3.05) is 0 Å². The molecular formula is C66H87O9PSi. The average molecular weight is 1080 g/mol. The molecule has 3 aliphatic rings. The molecule has 1 heterocycles. The highest BCUT2D eigenvalue weighted by molar-refractivity contribution is 7.93. The summed E-state index contributed by atoms with van der Waals surface area (Å²) in [6, 6.07) is 52.5. The summed E-state index contributed by atoms with van der Waals surface area (Å²) in [5.41, 5.74) is 2.50. The summed E-state index contributed by atoms with van der Waals surface area (Å²) in [6.45, 7) is 9.59. The third-order valence-electron chi connectivity index (χ3n) is 16.0. The summed E-state index contributed by atoms with van der Waals surface area (Å²) in [4.78, 5) is 10.5. The number of unbranched alkanes of at least 4 members (excludes halogenated alkanes) is 1. The van der Waals surface area contributed by atoms with Crippen molar-refractivity contribution in [3.8, 4) is 0 Å². The second-order valence-electron chi connectivity index (χ2n) is 22.6. The molecule has 6 N–H and O–H groups in total. The Morgan fingerprint density at radius 1 is 0.675 bits per heavy atom. The van der Waals surface area contributed by atoms with Gasteiger partial charge in [0.25, 0.3) is 0 Å². The molecule has 1 saturated heterocycles. The molecule has 414 valence electrons. The topological polar surface area (TPSA) is 157 Å². The van der Waals surface area contributed by atoms with Gasteiger partial charge in [-0.1, -0.05) is 215 Å². The minimum absolute atomic E-state index is 0.0228. The predicted octanol–water partition coefficient (Wildman–Crippen LogP) is 11.2. The van der Waals surface area contributed by atoms with E-state index in [1.165, 1.54) is 27.0 Å². The molecular weight excluding hydrogens is 996 g/mol. The van der Waals surface area contributed by atoms with Crippen molar-refractivity contribution in [1.82, 2.24) is 0 Å². The Balaban J connectivity index is 0.000000190. The van der Waals surface area contributed by atoms with Crippen LogP contribution in [0.2, 0.25) is 18.1 Å². The van der Waals surface area contributed by atoms with Gasteiger partial charge in [0.2, 0.25) is 0 Å². The van der Waals surface area contributed by atoms with E-state index in [1.807, 2.05) is 54.6 Å². The monoisotopic (exact) mass is 1080 g/mol. The van der Waals surface area contributed by atoms with E-state index in [1.54, 1.807) is 6.08 Å². The number of benzene rings is 5. The number of hydrogen-bond donors (Lipinski definition) is 6. The zero-order valence-corrected chi connectivity index (χ0v) is 48.0. The van der Waals surface area contributed by atoms with Crippen molar-refractivity contribution in [3.63, 3.8) is 0 Å². The number of fused-ring (bicyclic) bond motifs is 1. The van der Waals surface area contributed by atoms with Crippen LogP contribution in [-0.2, 0) is 26.8 Å². The number of hydrogen-bond acceptors (Lipinski definition) is 8. The van der Waals surface area contributed by atoms with E-state index in [4.69, 9.17) is 20.6 Å². The number of rotatable bonds is 21. The smallest absolute Gasteiger partial charge is 0.303 e. The van der Waals surface area contributed by atoms with Gasteiger partial charge < -0.3 is 39.8 Å². The van der Waals surface area contributed by atoms with E-state index in [9.17, 15) is 30.3 Å². The third kappa shape index (κ3) is 18.3. The first kappa shape index (κ1) is 61.2. The summed E-state index contributed by atoms with van der Waals surface area (Å²) in [5, 5.41) is 63.8. The number of aliphatic hydroxyl groups excluding tert-OH is 5. The van der Waals surface area contributed by atoms with Gasteiger partial charge in [0.05, 0.1) is 36.6 Å². The molecule has 9 nitrogen and oxygen atoms in total. The van der Waals surface area contributed by atoms with Crippen LogP contribution in [0.15, 0.2) is 188 Å². The summed E-state index contributed by atoms with van der Waals surface area (Å²) in [6.07, 6.45) is 20.5. The molecule has 0 bridgehead atoms. The van der Waals surface area contributed by atoms with Crippen molar-refractivity contribution in [2.45, 2.75) is 152 Å². The van der Waals surface area contributed by atoms with Crippen LogP contribution in [0.3, 0.4) is 0 Å². The summed E-state index contributed by atoms with van der Waals surface area (Å²) in [7, 11) is -1.92. The molecule has 0 spiro atoms. The molecule has 5 aromatic carbocycles. The van der Waals surface area contributed by atoms with Crippen LogP contribution in [0.1, 0.15) is 89.7 Å². The van der Waals surface area contributed by atoms with Gasteiger partial charge >= 0.3 is 5.97 Å². The number of aliphatic carboxylic acids is 1. The van der Waals surface area contributed by atoms with E-state index in [0.29, 0.717) is 44.9 Å². The zero-order valence-electron chi connectivity index (χ0n) is 46.1. The summed E-state index contributed by atoms with van der Waals surface area (Å²) in [5.74, 6) is -0.856. The van der Waals surface area contributed by atoms with Gasteiger partial charge in [-0.2, -0.15) is 0 Å². The first-order chi connectivity index (χ1) is 36.9. The number of carboxylic acid groups (broad SMARTS) is 1. The van der Waals surface area contributed by atoms with Gasteiger partial charge in [0.15, 0.2) is 14.6 Å². The Hall–Kier alpha value is -4.97. The highest BCUT2D eigenvalue weighted by atomic mass is 31.2. The third-order valence-corrected chi connectivity index (χ3v) is 24.1. The van der Waals surface area contributed by atoms with Crippen molar-refractivity contribution in [3.05, 3.63) is 199 Å².